The minimum absolute atomic E-state index is 0.0662. The molecule has 2 aromatic heterocycles. The van der Waals surface area contributed by atoms with Crippen LogP contribution in [0, 0.1) is 20.8 Å². The second-order valence-electron chi connectivity index (χ2n) is 8.79. The number of pyridine rings is 1. The first kappa shape index (κ1) is 23.6. The number of methoxy groups -OCH3 is 1. The highest BCUT2D eigenvalue weighted by atomic mass is 79.9. The van der Waals surface area contributed by atoms with Gasteiger partial charge in [-0.3, -0.25) is 4.98 Å². The number of halogens is 1. The van der Waals surface area contributed by atoms with Gasteiger partial charge in [0.15, 0.2) is 5.11 Å². The van der Waals surface area contributed by atoms with Crippen LogP contribution in [0.5, 0.6) is 5.75 Å². The van der Waals surface area contributed by atoms with Gasteiger partial charge in [0.05, 0.1) is 24.9 Å². The van der Waals surface area contributed by atoms with Crippen LogP contribution in [-0.4, -0.2) is 21.8 Å². The van der Waals surface area contributed by atoms with Gasteiger partial charge in [-0.25, -0.2) is 0 Å². The van der Waals surface area contributed by atoms with Gasteiger partial charge in [-0.2, -0.15) is 0 Å². The fourth-order valence-electron chi connectivity index (χ4n) is 4.96. The Morgan fingerprint density at radius 2 is 1.80 bits per heavy atom. The highest BCUT2D eigenvalue weighted by molar-refractivity contribution is 9.10. The fraction of sp³-hybridized carbons (Fsp3) is 0.214. The number of rotatable bonds is 5. The van der Waals surface area contributed by atoms with E-state index in [0.717, 1.165) is 44.2 Å². The van der Waals surface area contributed by atoms with E-state index >= 15 is 0 Å². The third kappa shape index (κ3) is 4.23. The average molecular weight is 548 g/mol. The van der Waals surface area contributed by atoms with Gasteiger partial charge >= 0.3 is 0 Å². The largest absolute Gasteiger partial charge is 0.497 e. The summed E-state index contributed by atoms with van der Waals surface area (Å²) < 4.78 is 8.84. The summed E-state index contributed by atoms with van der Waals surface area (Å²) in [6, 6.07) is 22.7. The van der Waals surface area contributed by atoms with Crippen LogP contribution >= 0.6 is 28.1 Å². The van der Waals surface area contributed by atoms with Crippen molar-refractivity contribution in [1.82, 2.24) is 14.9 Å². The third-order valence-corrected chi connectivity index (χ3v) is 7.82. The van der Waals surface area contributed by atoms with Crippen molar-refractivity contribution in [2.75, 3.05) is 12.0 Å². The second-order valence-corrected chi connectivity index (χ2v) is 10.0. The number of aryl methyl sites for hydroxylation is 2. The Bertz CT molecular complexity index is 1400. The Labute approximate surface area is 219 Å². The molecule has 0 aliphatic carbocycles. The highest BCUT2D eigenvalue weighted by Gasteiger charge is 2.42. The lowest BCUT2D eigenvalue weighted by molar-refractivity contribution is 0.414. The molecular formula is C28H27BrN4OS. The Balaban J connectivity index is 1.68. The number of aromatic nitrogens is 2. The van der Waals surface area contributed by atoms with E-state index in [9.17, 15) is 0 Å². The SMILES string of the molecule is COc1cccc(-n2c(C)cc([C@@H]3[C@H](c4ccccn4)NC(=S)N3c3ccc(Br)c(C)c3)c2C)c1. The van der Waals surface area contributed by atoms with Crippen LogP contribution in [0.3, 0.4) is 0 Å². The van der Waals surface area contributed by atoms with E-state index in [1.165, 1.54) is 5.56 Å². The first-order chi connectivity index (χ1) is 16.9. The van der Waals surface area contributed by atoms with Crippen LogP contribution in [0.25, 0.3) is 5.69 Å². The van der Waals surface area contributed by atoms with E-state index in [4.69, 9.17) is 21.9 Å². The van der Waals surface area contributed by atoms with Gasteiger partial charge in [-0.15, -0.1) is 0 Å². The molecule has 1 saturated heterocycles. The molecule has 3 heterocycles. The van der Waals surface area contributed by atoms with Crippen molar-refractivity contribution in [2.24, 2.45) is 0 Å². The molecule has 2 atom stereocenters. The van der Waals surface area contributed by atoms with E-state index in [-0.39, 0.29) is 12.1 Å². The molecule has 4 aromatic rings. The van der Waals surface area contributed by atoms with Crippen LogP contribution in [0.15, 0.2) is 77.4 Å². The molecule has 1 fully saturated rings. The summed E-state index contributed by atoms with van der Waals surface area (Å²) in [6.45, 7) is 6.41. The van der Waals surface area contributed by atoms with Gasteiger partial charge in [-0.1, -0.05) is 28.1 Å². The zero-order chi connectivity index (χ0) is 24.7. The van der Waals surface area contributed by atoms with Crippen LogP contribution in [0.4, 0.5) is 5.69 Å². The van der Waals surface area contributed by atoms with Crippen LogP contribution in [0.1, 0.15) is 40.3 Å². The molecule has 5 nitrogen and oxygen atoms in total. The van der Waals surface area contributed by atoms with E-state index in [2.05, 4.69) is 93.9 Å². The van der Waals surface area contributed by atoms with Crippen LogP contribution < -0.4 is 15.0 Å². The van der Waals surface area contributed by atoms with Gasteiger partial charge in [0.2, 0.25) is 0 Å². The summed E-state index contributed by atoms with van der Waals surface area (Å²) in [7, 11) is 1.70. The zero-order valence-electron chi connectivity index (χ0n) is 20.1. The summed E-state index contributed by atoms with van der Waals surface area (Å²) in [5.41, 5.74) is 7.75. The van der Waals surface area contributed by atoms with E-state index in [1.807, 2.05) is 30.5 Å². The quantitative estimate of drug-likeness (QED) is 0.280. The van der Waals surface area contributed by atoms with Gasteiger partial charge in [0, 0.05) is 39.5 Å². The normalized spacial score (nSPS) is 17.5. The number of benzene rings is 2. The Kier molecular flexibility index (Phi) is 6.38. The van der Waals surface area contributed by atoms with Crippen molar-refractivity contribution < 1.29 is 4.74 Å². The number of nitrogens with zero attached hydrogens (tertiary/aromatic N) is 3. The monoisotopic (exact) mass is 546 g/mol. The van der Waals surface area contributed by atoms with Crippen molar-refractivity contribution >= 4 is 38.9 Å². The molecule has 178 valence electrons. The molecule has 35 heavy (non-hydrogen) atoms. The van der Waals surface area contributed by atoms with Crippen molar-refractivity contribution in [3.8, 4) is 11.4 Å². The molecule has 1 N–H and O–H groups in total. The molecule has 5 rings (SSSR count). The van der Waals surface area contributed by atoms with Crippen LogP contribution in [0.2, 0.25) is 0 Å². The lowest BCUT2D eigenvalue weighted by atomic mass is 9.96. The number of hydrogen-bond acceptors (Lipinski definition) is 3. The van der Waals surface area contributed by atoms with Gasteiger partial charge in [-0.05, 0) is 92.6 Å². The summed E-state index contributed by atoms with van der Waals surface area (Å²) >= 11 is 9.55. The standard InChI is InChI=1S/C28H27BrN4OS/c1-17-14-21(11-12-24(17)29)33-27(26(31-28(33)35)25-10-5-6-13-30-25)23-15-18(2)32(19(23)3)20-8-7-9-22(16-20)34-4/h5-16,26-27H,1-4H3,(H,31,35)/t26-,27+/m0/s1. The van der Waals surface area contributed by atoms with E-state index in [0.29, 0.717) is 5.11 Å². The maximum Gasteiger partial charge on any atom is 0.174 e. The number of hydrogen-bond donors (Lipinski definition) is 1. The van der Waals surface area contributed by atoms with E-state index in [1.54, 1.807) is 7.11 Å². The van der Waals surface area contributed by atoms with E-state index < -0.39 is 0 Å². The Morgan fingerprint density at radius 1 is 0.971 bits per heavy atom. The van der Waals surface area contributed by atoms with Crippen molar-refractivity contribution in [3.05, 3.63) is 106 Å². The maximum absolute atomic E-state index is 5.91. The fourth-order valence-corrected chi connectivity index (χ4v) is 5.55. The first-order valence-corrected chi connectivity index (χ1v) is 12.7. The second kappa shape index (κ2) is 9.47. The summed E-state index contributed by atoms with van der Waals surface area (Å²) in [5.74, 6) is 0.832. The third-order valence-electron chi connectivity index (χ3n) is 6.62. The molecular weight excluding hydrogens is 520 g/mol. The van der Waals surface area contributed by atoms with Gasteiger partial charge in [0.25, 0.3) is 0 Å². The topological polar surface area (TPSA) is 42.3 Å². The molecule has 1 aliphatic heterocycles. The molecule has 0 saturated carbocycles. The predicted molar refractivity (Wildman–Crippen MR) is 149 cm³/mol. The average Bonchev–Trinajstić information content (AvgIpc) is 3.36. The molecule has 0 spiro atoms. The molecule has 2 aromatic carbocycles. The predicted octanol–water partition coefficient (Wildman–Crippen LogP) is 6.75. The minimum Gasteiger partial charge on any atom is -0.497 e. The Morgan fingerprint density at radius 3 is 2.51 bits per heavy atom. The Hall–Kier alpha value is -3.16. The van der Waals surface area contributed by atoms with Gasteiger partial charge in [0.1, 0.15) is 5.75 Å². The first-order valence-electron chi connectivity index (χ1n) is 11.5. The number of thiocarbonyl (C=S) groups is 1. The number of ether oxygens (including phenoxy) is 1. The van der Waals surface area contributed by atoms with Gasteiger partial charge < -0.3 is 19.5 Å². The highest BCUT2D eigenvalue weighted by Crippen LogP contribution is 2.44. The molecule has 0 bridgehead atoms. The summed E-state index contributed by atoms with van der Waals surface area (Å²) in [4.78, 5) is 6.92. The number of anilines is 1. The van der Waals surface area contributed by atoms with Crippen LogP contribution in [-0.2, 0) is 0 Å². The molecule has 0 radical (unpaired) electrons. The zero-order valence-corrected chi connectivity index (χ0v) is 22.5. The van der Waals surface area contributed by atoms with Crippen molar-refractivity contribution in [2.45, 2.75) is 32.9 Å². The molecule has 1 aliphatic rings. The van der Waals surface area contributed by atoms with Crippen molar-refractivity contribution in [1.29, 1.82) is 0 Å². The minimum atomic E-state index is -0.0908. The molecule has 0 amide bonds. The lowest BCUT2D eigenvalue weighted by Crippen LogP contribution is -2.29. The smallest absolute Gasteiger partial charge is 0.174 e. The number of nitrogens with one attached hydrogen (secondary N) is 1. The lowest BCUT2D eigenvalue weighted by Gasteiger charge is -2.28. The molecule has 7 heteroatoms. The van der Waals surface area contributed by atoms with Crippen molar-refractivity contribution in [3.63, 3.8) is 0 Å². The summed E-state index contributed by atoms with van der Waals surface area (Å²) in [5, 5.41) is 4.26. The maximum atomic E-state index is 5.91. The molecule has 0 unspecified atom stereocenters. The summed E-state index contributed by atoms with van der Waals surface area (Å²) in [6.07, 6.45) is 1.84.